The summed E-state index contributed by atoms with van der Waals surface area (Å²) in [7, 11) is 0. The number of para-hydroxylation sites is 4. The first-order valence-corrected chi connectivity index (χ1v) is 16.4. The van der Waals surface area contributed by atoms with Crippen molar-refractivity contribution in [3.8, 4) is 17.1 Å². The van der Waals surface area contributed by atoms with Gasteiger partial charge in [0, 0.05) is 38.8 Å². The number of furan rings is 1. The molecule has 0 amide bonds. The van der Waals surface area contributed by atoms with Gasteiger partial charge in [-0.2, -0.15) is 0 Å². The Kier molecular flexibility index (Phi) is 6.11. The molecule has 3 heterocycles. The van der Waals surface area contributed by atoms with Gasteiger partial charge in [-0.25, -0.2) is 9.97 Å². The van der Waals surface area contributed by atoms with E-state index in [4.69, 9.17) is 14.4 Å². The standard InChI is InChI=1S/C44H28N4O/c1-4-16-30(17-5-1)47(31-18-6-2-7-19-31)37-25-14-26-39-41(37)40-35(27-29-15-10-11-22-33(29)43(40)49-39)44-45-28-38-42(46-44)34-23-12-13-24-36(34)48(38)32-20-8-3-9-21-32/h1-28H. The fourth-order valence-corrected chi connectivity index (χ4v) is 7.30. The van der Waals surface area contributed by atoms with Gasteiger partial charge in [-0.05, 0) is 66.0 Å². The monoisotopic (exact) mass is 628 g/mol. The maximum absolute atomic E-state index is 6.82. The van der Waals surface area contributed by atoms with Crippen molar-refractivity contribution in [1.29, 1.82) is 0 Å². The van der Waals surface area contributed by atoms with Crippen LogP contribution in [0, 0.1) is 0 Å². The van der Waals surface area contributed by atoms with E-state index in [-0.39, 0.29) is 0 Å². The Morgan fingerprint density at radius 1 is 0.551 bits per heavy atom. The van der Waals surface area contributed by atoms with Crippen molar-refractivity contribution in [3.63, 3.8) is 0 Å². The second-order valence-electron chi connectivity index (χ2n) is 12.2. The maximum atomic E-state index is 6.82. The summed E-state index contributed by atoms with van der Waals surface area (Å²) in [5, 5.41) is 5.22. The van der Waals surface area contributed by atoms with Gasteiger partial charge in [-0.15, -0.1) is 0 Å². The van der Waals surface area contributed by atoms with Crippen LogP contribution in [-0.2, 0) is 0 Å². The first kappa shape index (κ1) is 27.4. The van der Waals surface area contributed by atoms with E-state index in [1.165, 1.54) is 0 Å². The van der Waals surface area contributed by atoms with Crippen molar-refractivity contribution in [2.45, 2.75) is 0 Å². The Morgan fingerprint density at radius 3 is 1.96 bits per heavy atom. The summed E-state index contributed by atoms with van der Waals surface area (Å²) in [6, 6.07) is 56.7. The van der Waals surface area contributed by atoms with Crippen LogP contribution in [0.4, 0.5) is 17.1 Å². The van der Waals surface area contributed by atoms with E-state index in [1.807, 2.05) is 24.4 Å². The molecule has 5 nitrogen and oxygen atoms in total. The predicted octanol–water partition coefficient (Wildman–Crippen LogP) is 11.8. The Bertz CT molecular complexity index is 2780. The third-order valence-electron chi connectivity index (χ3n) is 9.40. The van der Waals surface area contributed by atoms with E-state index >= 15 is 0 Å². The van der Waals surface area contributed by atoms with Gasteiger partial charge in [0.1, 0.15) is 16.7 Å². The molecule has 230 valence electrons. The van der Waals surface area contributed by atoms with Crippen molar-refractivity contribution in [2.75, 3.05) is 4.90 Å². The largest absolute Gasteiger partial charge is 0.455 e. The summed E-state index contributed by atoms with van der Waals surface area (Å²) in [4.78, 5) is 12.8. The Morgan fingerprint density at radius 2 is 1.20 bits per heavy atom. The summed E-state index contributed by atoms with van der Waals surface area (Å²) in [5.74, 6) is 0.655. The lowest BCUT2D eigenvalue weighted by molar-refractivity contribution is 0.673. The maximum Gasteiger partial charge on any atom is 0.160 e. The molecule has 10 rings (SSSR count). The molecule has 0 atom stereocenters. The molecule has 7 aromatic carbocycles. The van der Waals surface area contributed by atoms with Crippen LogP contribution in [0.5, 0.6) is 0 Å². The van der Waals surface area contributed by atoms with Gasteiger partial charge >= 0.3 is 0 Å². The molecule has 0 aliphatic carbocycles. The molecule has 49 heavy (non-hydrogen) atoms. The van der Waals surface area contributed by atoms with Gasteiger partial charge in [0.05, 0.1) is 28.3 Å². The molecule has 0 unspecified atom stereocenters. The highest BCUT2D eigenvalue weighted by atomic mass is 16.3. The third kappa shape index (κ3) is 4.26. The van der Waals surface area contributed by atoms with Crippen molar-refractivity contribution in [2.24, 2.45) is 0 Å². The predicted molar refractivity (Wildman–Crippen MR) is 201 cm³/mol. The number of hydrogen-bond donors (Lipinski definition) is 0. The van der Waals surface area contributed by atoms with E-state index < -0.39 is 0 Å². The molecule has 10 aromatic rings. The minimum absolute atomic E-state index is 0.655. The van der Waals surface area contributed by atoms with E-state index in [0.29, 0.717) is 5.82 Å². The summed E-state index contributed by atoms with van der Waals surface area (Å²) >= 11 is 0. The van der Waals surface area contributed by atoms with Gasteiger partial charge in [-0.3, -0.25) is 0 Å². The molecule has 0 bridgehead atoms. The lowest BCUT2D eigenvalue weighted by Crippen LogP contribution is -2.10. The van der Waals surface area contributed by atoms with Crippen LogP contribution in [0.2, 0.25) is 0 Å². The van der Waals surface area contributed by atoms with Gasteiger partial charge in [0.25, 0.3) is 0 Å². The molecule has 0 N–H and O–H groups in total. The molecule has 0 aliphatic heterocycles. The molecule has 0 radical (unpaired) electrons. The van der Waals surface area contributed by atoms with Crippen molar-refractivity contribution in [1.82, 2.24) is 14.5 Å². The zero-order chi connectivity index (χ0) is 32.3. The summed E-state index contributed by atoms with van der Waals surface area (Å²) in [5.41, 5.74) is 9.75. The zero-order valence-corrected chi connectivity index (χ0v) is 26.4. The van der Waals surface area contributed by atoms with Gasteiger partial charge in [0.2, 0.25) is 0 Å². The lowest BCUT2D eigenvalue weighted by atomic mass is 9.98. The highest BCUT2D eigenvalue weighted by Gasteiger charge is 2.24. The SMILES string of the molecule is c1ccc(N(c2ccccc2)c2cccc3oc4c5ccccc5cc(-c5ncc6c(n5)c5ccccc5n6-c5ccccc5)c4c23)cc1. The third-order valence-corrected chi connectivity index (χ3v) is 9.40. The zero-order valence-electron chi connectivity index (χ0n) is 26.4. The molecule has 0 spiro atoms. The molecule has 0 saturated heterocycles. The van der Waals surface area contributed by atoms with Crippen molar-refractivity contribution in [3.05, 3.63) is 170 Å². The second kappa shape index (κ2) is 10.9. The van der Waals surface area contributed by atoms with Crippen LogP contribution in [0.3, 0.4) is 0 Å². The molecular formula is C44H28N4O. The van der Waals surface area contributed by atoms with Gasteiger partial charge < -0.3 is 13.9 Å². The second-order valence-corrected chi connectivity index (χ2v) is 12.2. The van der Waals surface area contributed by atoms with E-state index in [0.717, 1.165) is 83.0 Å². The van der Waals surface area contributed by atoms with Gasteiger partial charge in [-0.1, -0.05) is 103 Å². The van der Waals surface area contributed by atoms with Crippen LogP contribution < -0.4 is 4.90 Å². The average Bonchev–Trinajstić information content (AvgIpc) is 3.73. The summed E-state index contributed by atoms with van der Waals surface area (Å²) < 4.78 is 9.07. The first-order valence-electron chi connectivity index (χ1n) is 16.4. The highest BCUT2D eigenvalue weighted by molar-refractivity contribution is 6.24. The number of anilines is 3. The average molecular weight is 629 g/mol. The molecule has 0 aliphatic rings. The minimum atomic E-state index is 0.655. The number of benzene rings is 7. The topological polar surface area (TPSA) is 47.1 Å². The molecular weight excluding hydrogens is 601 g/mol. The normalized spacial score (nSPS) is 11.7. The number of rotatable bonds is 5. The molecule has 0 saturated carbocycles. The Balaban J connectivity index is 1.31. The minimum Gasteiger partial charge on any atom is -0.455 e. The summed E-state index contributed by atoms with van der Waals surface area (Å²) in [6.45, 7) is 0. The van der Waals surface area contributed by atoms with Crippen LogP contribution in [0.25, 0.3) is 71.7 Å². The quantitative estimate of drug-likeness (QED) is 0.190. The van der Waals surface area contributed by atoms with Crippen LogP contribution in [0.1, 0.15) is 0 Å². The Hall–Kier alpha value is -6.72. The molecule has 3 aromatic heterocycles. The lowest BCUT2D eigenvalue weighted by Gasteiger charge is -2.26. The van der Waals surface area contributed by atoms with E-state index in [9.17, 15) is 0 Å². The summed E-state index contributed by atoms with van der Waals surface area (Å²) in [6.07, 6.45) is 1.97. The van der Waals surface area contributed by atoms with E-state index in [2.05, 4.69) is 155 Å². The smallest absolute Gasteiger partial charge is 0.160 e. The van der Waals surface area contributed by atoms with Crippen LogP contribution in [0.15, 0.2) is 174 Å². The fraction of sp³-hybridized carbons (Fsp3) is 0. The number of hydrogen-bond acceptors (Lipinski definition) is 4. The van der Waals surface area contributed by atoms with Crippen molar-refractivity contribution < 1.29 is 4.42 Å². The number of aromatic nitrogens is 3. The highest BCUT2D eigenvalue weighted by Crippen LogP contribution is 2.47. The molecule has 0 fully saturated rings. The number of fused-ring (bicyclic) bond motifs is 8. The van der Waals surface area contributed by atoms with Crippen LogP contribution in [-0.4, -0.2) is 14.5 Å². The van der Waals surface area contributed by atoms with Crippen LogP contribution >= 0.6 is 0 Å². The first-order chi connectivity index (χ1) is 24.3. The Labute approximate surface area is 281 Å². The van der Waals surface area contributed by atoms with Gasteiger partial charge in [0.15, 0.2) is 5.82 Å². The van der Waals surface area contributed by atoms with Crippen molar-refractivity contribution >= 4 is 71.7 Å². The molecule has 5 heteroatoms. The van der Waals surface area contributed by atoms with E-state index in [1.54, 1.807) is 0 Å². The number of nitrogens with zero attached hydrogens (tertiary/aromatic N) is 4. The fourth-order valence-electron chi connectivity index (χ4n) is 7.30.